The number of carbonyl (C=O) groups is 1. The van der Waals surface area contributed by atoms with Crippen molar-refractivity contribution in [2.75, 3.05) is 0 Å². The van der Waals surface area contributed by atoms with Gasteiger partial charge in [-0.3, -0.25) is 0 Å². The summed E-state index contributed by atoms with van der Waals surface area (Å²) in [5, 5.41) is 19.2. The Hall–Kier alpha value is -3.01. The summed E-state index contributed by atoms with van der Waals surface area (Å²) < 4.78 is 0. The first-order valence-electron chi connectivity index (χ1n) is 6.47. The molecule has 0 aliphatic carbocycles. The minimum absolute atomic E-state index is 0.174. The summed E-state index contributed by atoms with van der Waals surface area (Å²) in [6, 6.07) is 20.1. The highest BCUT2D eigenvalue weighted by molar-refractivity contribution is 6.08. The largest absolute Gasteiger partial charge is 0.478 e. The highest BCUT2D eigenvalue weighted by Gasteiger charge is 2.14. The van der Waals surface area contributed by atoms with Crippen LogP contribution in [-0.4, -0.2) is 11.1 Å². The zero-order valence-electron chi connectivity index (χ0n) is 11.1. The molecule has 3 rings (SSSR count). The zero-order valence-corrected chi connectivity index (χ0v) is 11.1. The minimum Gasteiger partial charge on any atom is -0.478 e. The van der Waals surface area contributed by atoms with Crippen molar-refractivity contribution in [3.63, 3.8) is 0 Å². The number of azo groups is 1. The third-order valence-electron chi connectivity index (χ3n) is 3.15. The highest BCUT2D eigenvalue weighted by Crippen LogP contribution is 2.29. The van der Waals surface area contributed by atoms with Crippen molar-refractivity contribution < 1.29 is 9.90 Å². The summed E-state index contributed by atoms with van der Waals surface area (Å²) in [6.45, 7) is 0. The van der Waals surface area contributed by atoms with Crippen LogP contribution in [0.4, 0.5) is 11.4 Å². The molecule has 3 aromatic carbocycles. The predicted molar refractivity (Wildman–Crippen MR) is 81.5 cm³/mol. The molecule has 0 radical (unpaired) electrons. The van der Waals surface area contributed by atoms with E-state index in [1.54, 1.807) is 12.1 Å². The third-order valence-corrected chi connectivity index (χ3v) is 3.15. The number of benzene rings is 3. The van der Waals surface area contributed by atoms with Crippen LogP contribution in [0.1, 0.15) is 10.4 Å². The van der Waals surface area contributed by atoms with Gasteiger partial charge >= 0.3 is 5.97 Å². The molecule has 0 heterocycles. The van der Waals surface area contributed by atoms with E-state index < -0.39 is 5.97 Å². The second-order valence-electron chi connectivity index (χ2n) is 4.52. The normalized spacial score (nSPS) is 11.0. The van der Waals surface area contributed by atoms with Gasteiger partial charge in [-0.15, -0.1) is 5.11 Å². The van der Waals surface area contributed by atoms with Crippen LogP contribution < -0.4 is 0 Å². The van der Waals surface area contributed by atoms with E-state index >= 15 is 0 Å². The Morgan fingerprint density at radius 3 is 2.29 bits per heavy atom. The fourth-order valence-electron chi connectivity index (χ4n) is 2.17. The summed E-state index contributed by atoms with van der Waals surface area (Å²) in [6.07, 6.45) is 0. The molecule has 0 atom stereocenters. The van der Waals surface area contributed by atoms with Crippen LogP contribution >= 0.6 is 0 Å². The van der Waals surface area contributed by atoms with Crippen molar-refractivity contribution in [2.24, 2.45) is 10.2 Å². The molecule has 1 N–H and O–H groups in total. The molecule has 3 aromatic rings. The maximum atomic E-state index is 11.5. The Morgan fingerprint density at radius 1 is 0.810 bits per heavy atom. The monoisotopic (exact) mass is 276 g/mol. The van der Waals surface area contributed by atoms with E-state index in [1.165, 1.54) is 0 Å². The molecule has 21 heavy (non-hydrogen) atoms. The summed E-state index contributed by atoms with van der Waals surface area (Å²) >= 11 is 0. The molecule has 0 amide bonds. The Kier molecular flexibility index (Phi) is 3.43. The van der Waals surface area contributed by atoms with Gasteiger partial charge in [0.2, 0.25) is 0 Å². The molecular weight excluding hydrogens is 264 g/mol. The molecule has 0 saturated carbocycles. The number of hydrogen-bond acceptors (Lipinski definition) is 3. The molecule has 0 spiro atoms. The summed E-state index contributed by atoms with van der Waals surface area (Å²) in [5.74, 6) is -1.01. The van der Waals surface area contributed by atoms with E-state index in [2.05, 4.69) is 10.2 Å². The van der Waals surface area contributed by atoms with E-state index in [0.717, 1.165) is 5.39 Å². The highest BCUT2D eigenvalue weighted by atomic mass is 16.4. The molecule has 4 nitrogen and oxygen atoms in total. The summed E-state index contributed by atoms with van der Waals surface area (Å²) in [7, 11) is 0. The van der Waals surface area contributed by atoms with Gasteiger partial charge in [-0.05, 0) is 29.0 Å². The van der Waals surface area contributed by atoms with Crippen LogP contribution in [-0.2, 0) is 0 Å². The molecule has 4 heteroatoms. The van der Waals surface area contributed by atoms with Crippen LogP contribution in [0.15, 0.2) is 77.0 Å². The number of aromatic carboxylic acids is 1. The Labute approximate surface area is 121 Å². The topological polar surface area (TPSA) is 62.0 Å². The van der Waals surface area contributed by atoms with Gasteiger partial charge in [-0.1, -0.05) is 48.5 Å². The van der Waals surface area contributed by atoms with Gasteiger partial charge in [-0.25, -0.2) is 4.79 Å². The number of carboxylic acid groups (broad SMARTS) is 1. The molecule has 0 aliphatic heterocycles. The maximum Gasteiger partial charge on any atom is 0.338 e. The molecular formula is C17H12N2O2. The quantitative estimate of drug-likeness (QED) is 0.688. The zero-order chi connectivity index (χ0) is 14.7. The van der Waals surface area contributed by atoms with Crippen molar-refractivity contribution in [2.45, 2.75) is 0 Å². The number of rotatable bonds is 3. The van der Waals surface area contributed by atoms with E-state index in [9.17, 15) is 9.90 Å². The van der Waals surface area contributed by atoms with Crippen LogP contribution in [0.25, 0.3) is 10.8 Å². The van der Waals surface area contributed by atoms with E-state index in [4.69, 9.17) is 0 Å². The van der Waals surface area contributed by atoms with E-state index in [0.29, 0.717) is 16.8 Å². The first-order chi connectivity index (χ1) is 10.3. The van der Waals surface area contributed by atoms with Crippen LogP contribution in [0.3, 0.4) is 0 Å². The Morgan fingerprint density at radius 2 is 1.52 bits per heavy atom. The second-order valence-corrected chi connectivity index (χ2v) is 4.52. The number of hydrogen-bond donors (Lipinski definition) is 1. The van der Waals surface area contributed by atoms with Crippen LogP contribution in [0.5, 0.6) is 0 Å². The number of nitrogens with zero attached hydrogens (tertiary/aromatic N) is 2. The molecule has 0 aliphatic rings. The van der Waals surface area contributed by atoms with Crippen molar-refractivity contribution in [1.82, 2.24) is 0 Å². The minimum atomic E-state index is -1.01. The Balaban J connectivity index is 2.12. The summed E-state index contributed by atoms with van der Waals surface area (Å²) in [5.41, 5.74) is 1.21. The first kappa shape index (κ1) is 13.0. The molecule has 0 aromatic heterocycles. The van der Waals surface area contributed by atoms with Gasteiger partial charge in [0, 0.05) is 0 Å². The average molecular weight is 276 g/mol. The predicted octanol–water partition coefficient (Wildman–Crippen LogP) is 4.95. The van der Waals surface area contributed by atoms with Gasteiger partial charge in [0.25, 0.3) is 0 Å². The lowest BCUT2D eigenvalue weighted by molar-refractivity contribution is 0.0700. The summed E-state index contributed by atoms with van der Waals surface area (Å²) in [4.78, 5) is 11.5. The Bertz CT molecular complexity index is 827. The van der Waals surface area contributed by atoms with Crippen molar-refractivity contribution in [3.8, 4) is 0 Å². The van der Waals surface area contributed by atoms with Gasteiger partial charge in [0.05, 0.1) is 11.3 Å². The first-order valence-corrected chi connectivity index (χ1v) is 6.47. The molecule has 0 saturated heterocycles. The molecule has 102 valence electrons. The molecule has 0 bridgehead atoms. The number of fused-ring (bicyclic) bond motifs is 1. The van der Waals surface area contributed by atoms with Crippen molar-refractivity contribution in [3.05, 3.63) is 72.3 Å². The van der Waals surface area contributed by atoms with Crippen LogP contribution in [0.2, 0.25) is 0 Å². The lowest BCUT2D eigenvalue weighted by Crippen LogP contribution is -1.98. The van der Waals surface area contributed by atoms with E-state index in [-0.39, 0.29) is 5.56 Å². The van der Waals surface area contributed by atoms with Crippen molar-refractivity contribution >= 4 is 28.1 Å². The van der Waals surface area contributed by atoms with Crippen molar-refractivity contribution in [1.29, 1.82) is 0 Å². The maximum absolute atomic E-state index is 11.5. The fourth-order valence-corrected chi connectivity index (χ4v) is 2.17. The smallest absolute Gasteiger partial charge is 0.338 e. The number of carboxylic acids is 1. The molecule has 0 fully saturated rings. The van der Waals surface area contributed by atoms with Gasteiger partial charge in [0.1, 0.15) is 5.69 Å². The lowest BCUT2D eigenvalue weighted by atomic mass is 10.0. The van der Waals surface area contributed by atoms with Crippen LogP contribution in [0, 0.1) is 0 Å². The fraction of sp³-hybridized carbons (Fsp3) is 0. The lowest BCUT2D eigenvalue weighted by Gasteiger charge is -2.05. The van der Waals surface area contributed by atoms with Gasteiger partial charge in [-0.2, -0.15) is 5.11 Å². The average Bonchev–Trinajstić information content (AvgIpc) is 2.53. The SMILES string of the molecule is O=C(O)c1c(N=Nc2ccccc2)ccc2ccccc12. The standard InChI is InChI=1S/C17H12N2O2/c20-17(21)16-14-9-5-4-6-12(14)10-11-15(16)19-18-13-7-2-1-3-8-13/h1-11H,(H,20,21). The molecule has 0 unspecified atom stereocenters. The third kappa shape index (κ3) is 2.65. The van der Waals surface area contributed by atoms with Gasteiger partial charge < -0.3 is 5.11 Å². The van der Waals surface area contributed by atoms with E-state index in [1.807, 2.05) is 54.6 Å². The second kappa shape index (κ2) is 5.54. The van der Waals surface area contributed by atoms with Gasteiger partial charge in [0.15, 0.2) is 0 Å².